The molecule has 1 heterocycles. The van der Waals surface area contributed by atoms with Gasteiger partial charge < -0.3 is 5.11 Å². The van der Waals surface area contributed by atoms with Gasteiger partial charge in [0.2, 0.25) is 0 Å². The maximum Gasteiger partial charge on any atom is 0.335 e. The second-order valence-corrected chi connectivity index (χ2v) is 4.74. The smallest absolute Gasteiger partial charge is 0.335 e. The van der Waals surface area contributed by atoms with Gasteiger partial charge in [0, 0.05) is 17.8 Å². The number of aromatic carboxylic acids is 1. The van der Waals surface area contributed by atoms with E-state index in [2.05, 4.69) is 11.9 Å². The molecule has 2 aromatic carbocycles. The predicted molar refractivity (Wildman–Crippen MR) is 78.9 cm³/mol. The first-order valence-electron chi connectivity index (χ1n) is 6.34. The molecule has 0 spiro atoms. The predicted octanol–water partition coefficient (Wildman–Crippen LogP) is 3.91. The van der Waals surface area contributed by atoms with Crippen molar-refractivity contribution in [2.75, 3.05) is 0 Å². The van der Waals surface area contributed by atoms with E-state index in [-0.39, 0.29) is 0 Å². The van der Waals surface area contributed by atoms with E-state index in [4.69, 9.17) is 5.11 Å². The van der Waals surface area contributed by atoms with Crippen LogP contribution in [0.25, 0.3) is 21.9 Å². The van der Waals surface area contributed by atoms with Crippen molar-refractivity contribution in [1.29, 1.82) is 0 Å². The Bertz CT molecular complexity index is 809. The molecule has 0 bridgehead atoms. The molecule has 3 nitrogen and oxygen atoms in total. The van der Waals surface area contributed by atoms with Crippen LogP contribution in [0.4, 0.5) is 0 Å². The molecule has 0 amide bonds. The molecule has 3 rings (SSSR count). The molecule has 0 radical (unpaired) electrons. The molecule has 3 aromatic rings. The maximum atomic E-state index is 11.1. The molecule has 0 saturated carbocycles. The molecule has 98 valence electrons. The Labute approximate surface area is 116 Å². The third kappa shape index (κ3) is 2.03. The summed E-state index contributed by atoms with van der Waals surface area (Å²) < 4.78 is 0. The third-order valence-electron chi connectivity index (χ3n) is 3.46. The standard InChI is InChI=1S/C17H13NO2/c1-11-5-6-15(16-10-18-8-7-14(11)16)12-3-2-4-13(9-12)17(19)20/h2-10H,1H3,(H,19,20). The molecule has 3 heteroatoms. The van der Waals surface area contributed by atoms with Crippen LogP contribution in [0.5, 0.6) is 0 Å². The van der Waals surface area contributed by atoms with Gasteiger partial charge in [-0.25, -0.2) is 4.79 Å². The van der Waals surface area contributed by atoms with E-state index in [1.54, 1.807) is 24.4 Å². The number of aromatic nitrogens is 1. The Balaban J connectivity index is 2.27. The van der Waals surface area contributed by atoms with Crippen molar-refractivity contribution in [3.8, 4) is 11.1 Å². The Morgan fingerprint density at radius 2 is 1.95 bits per heavy atom. The van der Waals surface area contributed by atoms with Crippen molar-refractivity contribution < 1.29 is 9.90 Å². The lowest BCUT2D eigenvalue weighted by Gasteiger charge is -2.09. The Morgan fingerprint density at radius 3 is 2.75 bits per heavy atom. The van der Waals surface area contributed by atoms with Gasteiger partial charge in [0.1, 0.15) is 0 Å². The summed E-state index contributed by atoms with van der Waals surface area (Å²) in [7, 11) is 0. The molecule has 0 aliphatic rings. The normalized spacial score (nSPS) is 10.7. The Kier molecular flexibility index (Phi) is 2.95. The lowest BCUT2D eigenvalue weighted by molar-refractivity contribution is 0.0697. The van der Waals surface area contributed by atoms with Crippen LogP contribution in [0.2, 0.25) is 0 Å². The summed E-state index contributed by atoms with van der Waals surface area (Å²) in [4.78, 5) is 15.3. The molecule has 1 N–H and O–H groups in total. The van der Waals surface area contributed by atoms with E-state index in [1.165, 1.54) is 5.56 Å². The molecule has 0 saturated heterocycles. The van der Waals surface area contributed by atoms with Gasteiger partial charge in [-0.15, -0.1) is 0 Å². The number of carboxylic acid groups (broad SMARTS) is 1. The summed E-state index contributed by atoms with van der Waals surface area (Å²) in [5.74, 6) is -0.915. The number of carbonyl (C=O) groups is 1. The fourth-order valence-electron chi connectivity index (χ4n) is 2.41. The van der Waals surface area contributed by atoms with Gasteiger partial charge >= 0.3 is 5.97 Å². The fraction of sp³-hybridized carbons (Fsp3) is 0.0588. The average molecular weight is 263 g/mol. The van der Waals surface area contributed by atoms with Gasteiger partial charge in [-0.05, 0) is 47.2 Å². The van der Waals surface area contributed by atoms with Crippen LogP contribution in [0.1, 0.15) is 15.9 Å². The Hall–Kier alpha value is -2.68. The number of hydrogen-bond donors (Lipinski definition) is 1. The summed E-state index contributed by atoms with van der Waals surface area (Å²) in [6.07, 6.45) is 3.60. The molecule has 0 aliphatic heterocycles. The van der Waals surface area contributed by atoms with Crippen LogP contribution < -0.4 is 0 Å². The average Bonchev–Trinajstić information content (AvgIpc) is 2.48. The number of pyridine rings is 1. The minimum Gasteiger partial charge on any atom is -0.478 e. The summed E-state index contributed by atoms with van der Waals surface area (Å²) in [6.45, 7) is 2.06. The van der Waals surface area contributed by atoms with E-state index in [0.29, 0.717) is 5.56 Å². The zero-order valence-corrected chi connectivity index (χ0v) is 11.0. The van der Waals surface area contributed by atoms with E-state index >= 15 is 0 Å². The summed E-state index contributed by atoms with van der Waals surface area (Å²) in [6, 6.07) is 13.0. The van der Waals surface area contributed by atoms with Gasteiger partial charge in [-0.3, -0.25) is 4.98 Å². The first-order chi connectivity index (χ1) is 9.66. The molecule has 0 atom stereocenters. The number of hydrogen-bond acceptors (Lipinski definition) is 2. The van der Waals surface area contributed by atoms with Crippen molar-refractivity contribution in [3.63, 3.8) is 0 Å². The summed E-state index contributed by atoms with van der Waals surface area (Å²) in [5.41, 5.74) is 3.37. The number of aryl methyl sites for hydroxylation is 1. The lowest BCUT2D eigenvalue weighted by atomic mass is 9.96. The quantitative estimate of drug-likeness (QED) is 0.762. The van der Waals surface area contributed by atoms with Gasteiger partial charge in [-0.2, -0.15) is 0 Å². The monoisotopic (exact) mass is 263 g/mol. The molecule has 0 aliphatic carbocycles. The highest BCUT2D eigenvalue weighted by atomic mass is 16.4. The highest BCUT2D eigenvalue weighted by molar-refractivity contribution is 5.99. The van der Waals surface area contributed by atoms with Crippen molar-refractivity contribution in [1.82, 2.24) is 4.98 Å². The first kappa shape index (κ1) is 12.4. The van der Waals surface area contributed by atoms with Gasteiger partial charge in [-0.1, -0.05) is 24.3 Å². The van der Waals surface area contributed by atoms with Gasteiger partial charge in [0.05, 0.1) is 5.56 Å². The van der Waals surface area contributed by atoms with Gasteiger partial charge in [0.25, 0.3) is 0 Å². The fourth-order valence-corrected chi connectivity index (χ4v) is 2.41. The second-order valence-electron chi connectivity index (χ2n) is 4.74. The lowest BCUT2D eigenvalue weighted by Crippen LogP contribution is -1.96. The van der Waals surface area contributed by atoms with Crippen LogP contribution in [0, 0.1) is 6.92 Å². The van der Waals surface area contributed by atoms with Gasteiger partial charge in [0.15, 0.2) is 0 Å². The Morgan fingerprint density at radius 1 is 1.10 bits per heavy atom. The zero-order chi connectivity index (χ0) is 14.1. The van der Waals surface area contributed by atoms with E-state index < -0.39 is 5.97 Å². The van der Waals surface area contributed by atoms with E-state index in [0.717, 1.165) is 21.9 Å². The minimum absolute atomic E-state index is 0.292. The van der Waals surface area contributed by atoms with E-state index in [9.17, 15) is 4.79 Å². The number of rotatable bonds is 2. The summed E-state index contributed by atoms with van der Waals surface area (Å²) in [5, 5.41) is 11.3. The van der Waals surface area contributed by atoms with E-state index in [1.807, 2.05) is 30.5 Å². The molecule has 1 aromatic heterocycles. The molecular weight excluding hydrogens is 250 g/mol. The van der Waals surface area contributed by atoms with Crippen molar-refractivity contribution in [2.24, 2.45) is 0 Å². The molecule has 20 heavy (non-hydrogen) atoms. The molecule has 0 fully saturated rings. The van der Waals surface area contributed by atoms with Crippen LogP contribution >= 0.6 is 0 Å². The van der Waals surface area contributed by atoms with Crippen LogP contribution in [0.3, 0.4) is 0 Å². The maximum absolute atomic E-state index is 11.1. The molecule has 0 unspecified atom stereocenters. The summed E-state index contributed by atoms with van der Waals surface area (Å²) >= 11 is 0. The van der Waals surface area contributed by atoms with Crippen LogP contribution in [-0.4, -0.2) is 16.1 Å². The minimum atomic E-state index is -0.915. The second kappa shape index (κ2) is 4.78. The van der Waals surface area contributed by atoms with Crippen molar-refractivity contribution in [3.05, 3.63) is 66.0 Å². The SMILES string of the molecule is Cc1ccc(-c2cccc(C(=O)O)c2)c2cnccc12. The topological polar surface area (TPSA) is 50.2 Å². The van der Waals surface area contributed by atoms with Crippen molar-refractivity contribution in [2.45, 2.75) is 6.92 Å². The zero-order valence-electron chi connectivity index (χ0n) is 11.0. The highest BCUT2D eigenvalue weighted by Gasteiger charge is 2.08. The number of carboxylic acids is 1. The third-order valence-corrected chi connectivity index (χ3v) is 3.46. The number of benzene rings is 2. The van der Waals surface area contributed by atoms with Crippen LogP contribution in [-0.2, 0) is 0 Å². The largest absolute Gasteiger partial charge is 0.478 e. The van der Waals surface area contributed by atoms with Crippen LogP contribution in [0.15, 0.2) is 54.9 Å². The number of nitrogens with zero attached hydrogens (tertiary/aromatic N) is 1. The molecular formula is C17H13NO2. The first-order valence-corrected chi connectivity index (χ1v) is 6.34. The number of fused-ring (bicyclic) bond motifs is 1. The highest BCUT2D eigenvalue weighted by Crippen LogP contribution is 2.30. The van der Waals surface area contributed by atoms with Crippen molar-refractivity contribution >= 4 is 16.7 Å².